The molecule has 0 saturated carbocycles. The molecule has 0 unspecified atom stereocenters. The van der Waals surface area contributed by atoms with Crippen LogP contribution in [0.25, 0.3) is 10.9 Å². The van der Waals surface area contributed by atoms with Gasteiger partial charge in [-0.1, -0.05) is 12.1 Å². The van der Waals surface area contributed by atoms with Crippen LogP contribution in [0.15, 0.2) is 71.6 Å². The van der Waals surface area contributed by atoms with Gasteiger partial charge in [-0.3, -0.25) is 0 Å². The topological polar surface area (TPSA) is 124 Å². The predicted molar refractivity (Wildman–Crippen MR) is 159 cm³/mol. The molecule has 1 spiro atoms. The van der Waals surface area contributed by atoms with Crippen molar-refractivity contribution in [1.82, 2.24) is 14.2 Å². The number of benzene rings is 3. The zero-order valence-electron chi connectivity index (χ0n) is 23.8. The molecule has 2 aliphatic rings. The van der Waals surface area contributed by atoms with E-state index in [1.165, 1.54) is 35.7 Å². The number of H-pyrrole nitrogens is 1. The molecule has 3 heterocycles. The highest BCUT2D eigenvalue weighted by molar-refractivity contribution is 7.89. The maximum Gasteiger partial charge on any atom is 0.322 e. The molecule has 1 atom stereocenters. The van der Waals surface area contributed by atoms with Gasteiger partial charge in [-0.25, -0.2) is 17.6 Å². The van der Waals surface area contributed by atoms with Crippen molar-refractivity contribution in [3.8, 4) is 11.5 Å². The van der Waals surface area contributed by atoms with Crippen LogP contribution >= 0.6 is 0 Å². The first kappa shape index (κ1) is 29.0. The molecular weight excluding hydrogens is 575 g/mol. The van der Waals surface area contributed by atoms with Crippen molar-refractivity contribution in [2.75, 3.05) is 45.8 Å². The molecule has 1 aromatic heterocycles. The number of sulfonamides is 1. The zero-order chi connectivity index (χ0) is 30.4. The van der Waals surface area contributed by atoms with Crippen LogP contribution < -0.4 is 14.8 Å². The van der Waals surface area contributed by atoms with Crippen LogP contribution in [0.5, 0.6) is 11.5 Å². The van der Waals surface area contributed by atoms with E-state index < -0.39 is 33.3 Å². The summed E-state index contributed by atoms with van der Waals surface area (Å²) in [6.07, 6.45) is 0.869. The number of methoxy groups -OCH3 is 2. The number of aromatic nitrogens is 1. The Morgan fingerprint density at radius 1 is 1.05 bits per heavy atom. The first-order valence-corrected chi connectivity index (χ1v) is 15.4. The van der Waals surface area contributed by atoms with Crippen LogP contribution in [-0.4, -0.2) is 74.2 Å². The van der Waals surface area contributed by atoms with E-state index in [1.54, 1.807) is 36.3 Å². The minimum absolute atomic E-state index is 0.155. The lowest BCUT2D eigenvalue weighted by Gasteiger charge is -2.49. The van der Waals surface area contributed by atoms with Gasteiger partial charge in [0, 0.05) is 59.5 Å². The number of halogens is 1. The van der Waals surface area contributed by atoms with Crippen molar-refractivity contribution >= 4 is 32.6 Å². The number of carbonyl (C=O) groups excluding carboxylic acids is 1. The summed E-state index contributed by atoms with van der Waals surface area (Å²) in [6, 6.07) is 16.5. The molecule has 6 rings (SSSR count). The van der Waals surface area contributed by atoms with Gasteiger partial charge >= 0.3 is 6.03 Å². The lowest BCUT2D eigenvalue weighted by Crippen LogP contribution is -2.56. The van der Waals surface area contributed by atoms with Gasteiger partial charge in [0.1, 0.15) is 17.3 Å². The van der Waals surface area contributed by atoms with Gasteiger partial charge in [0.25, 0.3) is 0 Å². The van der Waals surface area contributed by atoms with Gasteiger partial charge in [0.2, 0.25) is 10.0 Å². The molecule has 0 radical (unpaired) electrons. The van der Waals surface area contributed by atoms with Crippen molar-refractivity contribution in [2.45, 2.75) is 29.2 Å². The van der Waals surface area contributed by atoms with E-state index >= 15 is 0 Å². The highest BCUT2D eigenvalue weighted by Gasteiger charge is 2.50. The van der Waals surface area contributed by atoms with Gasteiger partial charge < -0.3 is 29.8 Å². The van der Waals surface area contributed by atoms with Gasteiger partial charge in [0.15, 0.2) is 0 Å². The number of carbonyl (C=O) groups is 1. The first-order valence-electron chi connectivity index (χ1n) is 14.0. The number of fused-ring (bicyclic) bond motifs is 4. The number of rotatable bonds is 6. The lowest BCUT2D eigenvalue weighted by atomic mass is 9.68. The van der Waals surface area contributed by atoms with Crippen LogP contribution in [0, 0.1) is 5.82 Å². The fourth-order valence-electron chi connectivity index (χ4n) is 6.45. The second kappa shape index (κ2) is 11.2. The largest absolute Gasteiger partial charge is 0.497 e. The predicted octanol–water partition coefficient (Wildman–Crippen LogP) is 4.63. The van der Waals surface area contributed by atoms with E-state index in [0.29, 0.717) is 35.7 Å². The maximum atomic E-state index is 13.9. The van der Waals surface area contributed by atoms with Crippen molar-refractivity contribution < 1.29 is 32.2 Å². The van der Waals surface area contributed by atoms with Crippen LogP contribution in [0.4, 0.5) is 14.9 Å². The van der Waals surface area contributed by atoms with E-state index in [-0.39, 0.29) is 31.1 Å². The number of aliphatic hydroxyl groups is 1. The molecule has 10 nitrogen and oxygen atoms in total. The summed E-state index contributed by atoms with van der Waals surface area (Å²) in [6.45, 7) is 0.342. The molecule has 2 amide bonds. The summed E-state index contributed by atoms with van der Waals surface area (Å²) >= 11 is 0. The lowest BCUT2D eigenvalue weighted by molar-refractivity contribution is 0.0860. The van der Waals surface area contributed by atoms with Crippen molar-refractivity contribution in [3.63, 3.8) is 0 Å². The summed E-state index contributed by atoms with van der Waals surface area (Å²) < 4.78 is 53.3. The Morgan fingerprint density at radius 2 is 1.77 bits per heavy atom. The number of piperidine rings is 1. The third-order valence-corrected chi connectivity index (χ3v) is 10.5. The average molecular weight is 609 g/mol. The fraction of sp³-hybridized carbons (Fsp3) is 0.323. The van der Waals surface area contributed by atoms with Crippen LogP contribution in [0.1, 0.15) is 30.1 Å². The van der Waals surface area contributed by atoms with E-state index in [9.17, 15) is 22.7 Å². The van der Waals surface area contributed by atoms with E-state index in [4.69, 9.17) is 9.47 Å². The Bertz CT molecular complexity index is 1780. The molecular formula is C31H33FN4O6S. The third kappa shape index (κ3) is 5.09. The number of amides is 2. The summed E-state index contributed by atoms with van der Waals surface area (Å²) in [7, 11) is -0.723. The summed E-state index contributed by atoms with van der Waals surface area (Å²) in [5.74, 6) is 0.624. The molecule has 4 aromatic rings. The molecule has 1 saturated heterocycles. The Kier molecular flexibility index (Phi) is 7.53. The van der Waals surface area contributed by atoms with E-state index in [2.05, 4.69) is 10.3 Å². The highest BCUT2D eigenvalue weighted by atomic mass is 32.2. The molecule has 1 fully saturated rings. The fourth-order valence-corrected chi connectivity index (χ4v) is 7.93. The van der Waals surface area contributed by atoms with Crippen LogP contribution in [0.2, 0.25) is 0 Å². The second-order valence-corrected chi connectivity index (χ2v) is 12.9. The van der Waals surface area contributed by atoms with Gasteiger partial charge in [0.05, 0.1) is 31.8 Å². The summed E-state index contributed by atoms with van der Waals surface area (Å²) in [5, 5.41) is 14.3. The molecule has 12 heteroatoms. The second-order valence-electron chi connectivity index (χ2n) is 11.0. The van der Waals surface area contributed by atoms with Gasteiger partial charge in [-0.05, 0) is 60.9 Å². The number of urea groups is 1. The number of nitrogens with zero attached hydrogens (tertiary/aromatic N) is 2. The van der Waals surface area contributed by atoms with Crippen molar-refractivity contribution in [2.24, 2.45) is 0 Å². The standard InChI is InChI=1S/C31H33FN4O6S/c1-41-22-7-4-8-24(16-22)43(39,40)35-13-11-31(12-14-35)19-36(30(38)33-21-6-3-5-20(32)15-21)27(18-37)29-28(31)25-10-9-23(42-2)17-26(25)34-29/h3-10,15-17,27,34,37H,11-14,18-19H2,1-2H3,(H,33,38)/t27-/m0/s1. The van der Waals surface area contributed by atoms with Gasteiger partial charge in [-0.2, -0.15) is 4.31 Å². The quantitative estimate of drug-likeness (QED) is 0.293. The Hall–Kier alpha value is -4.13. The van der Waals surface area contributed by atoms with Gasteiger partial charge in [-0.15, -0.1) is 0 Å². The molecule has 0 bridgehead atoms. The van der Waals surface area contributed by atoms with E-state index in [0.717, 1.165) is 16.5 Å². The van der Waals surface area contributed by atoms with E-state index in [1.807, 2.05) is 18.2 Å². The maximum absolute atomic E-state index is 13.9. The number of ether oxygens (including phenoxy) is 2. The monoisotopic (exact) mass is 608 g/mol. The molecule has 226 valence electrons. The SMILES string of the molecule is COc1cccc(S(=O)(=O)N2CCC3(CC2)CN(C(=O)Nc2cccc(F)c2)[C@@H](CO)c2[nH]c4cc(OC)ccc4c23)c1. The molecule has 0 aliphatic carbocycles. The van der Waals surface area contributed by atoms with Crippen molar-refractivity contribution in [3.05, 3.63) is 83.8 Å². The Balaban J connectivity index is 1.38. The van der Waals surface area contributed by atoms with Crippen LogP contribution in [-0.2, 0) is 15.4 Å². The first-order chi connectivity index (χ1) is 20.7. The molecule has 3 N–H and O–H groups in total. The van der Waals surface area contributed by atoms with Crippen molar-refractivity contribution in [1.29, 1.82) is 0 Å². The number of hydrogen-bond donors (Lipinski definition) is 3. The highest BCUT2D eigenvalue weighted by Crippen LogP contribution is 2.49. The molecule has 2 aliphatic heterocycles. The minimum Gasteiger partial charge on any atom is -0.497 e. The zero-order valence-corrected chi connectivity index (χ0v) is 24.7. The number of anilines is 1. The number of nitrogens with one attached hydrogen (secondary N) is 2. The number of hydrogen-bond acceptors (Lipinski definition) is 6. The normalized spacial score (nSPS) is 18.4. The molecule has 43 heavy (non-hydrogen) atoms. The number of aliphatic hydroxyl groups excluding tert-OH is 1. The Morgan fingerprint density at radius 3 is 2.47 bits per heavy atom. The summed E-state index contributed by atoms with van der Waals surface area (Å²) in [4.78, 5) is 18.8. The third-order valence-electron chi connectivity index (χ3n) is 8.62. The summed E-state index contributed by atoms with van der Waals surface area (Å²) in [5.41, 5.74) is 2.13. The smallest absolute Gasteiger partial charge is 0.322 e. The molecule has 3 aromatic carbocycles. The van der Waals surface area contributed by atoms with Crippen LogP contribution in [0.3, 0.4) is 0 Å². The number of aromatic amines is 1. The average Bonchev–Trinajstić information content (AvgIpc) is 3.41. The minimum atomic E-state index is -3.79. The Labute approximate surface area is 249 Å².